The van der Waals surface area contributed by atoms with Gasteiger partial charge in [0, 0.05) is 0 Å². The number of primary amides is 1. The van der Waals surface area contributed by atoms with E-state index in [1.165, 1.54) is 0 Å². The number of nitrogens with two attached hydrogens (primary N) is 1. The van der Waals surface area contributed by atoms with E-state index in [4.69, 9.17) is 10.8 Å². The van der Waals surface area contributed by atoms with Gasteiger partial charge in [-0.1, -0.05) is 6.92 Å². The monoisotopic (exact) mass is 140 g/mol. The zero-order valence-electron chi connectivity index (χ0n) is 4.85. The Hall–Kier alpha value is 0.430. The van der Waals surface area contributed by atoms with Crippen LogP contribution in [0.1, 0.15) is 13.3 Å². The first-order valence-corrected chi connectivity index (χ1v) is 2.38. The van der Waals surface area contributed by atoms with Crippen LogP contribution in [0, 0.1) is 6.92 Å². The second kappa shape index (κ2) is 4.28. The van der Waals surface area contributed by atoms with Gasteiger partial charge in [0.2, 0.25) is 5.91 Å². The summed E-state index contributed by atoms with van der Waals surface area (Å²) in [5.41, 5.74) is 3.16. The Balaban J connectivity index is 0. The number of carbonyl (C=O) groups is 1. The van der Waals surface area contributed by atoms with Gasteiger partial charge in [0.25, 0.3) is 0 Å². The molecule has 0 aliphatic rings. The first-order valence-electron chi connectivity index (χ1n) is 2.38. The summed E-state index contributed by atoms with van der Waals surface area (Å²) in [6, 6.07) is 0. The summed E-state index contributed by atoms with van der Waals surface area (Å²) in [7, 11) is 0. The van der Waals surface area contributed by atoms with Crippen LogP contribution in [0.4, 0.5) is 0 Å². The number of amides is 1. The summed E-state index contributed by atoms with van der Waals surface area (Å²) >= 11 is 0. The molecule has 0 fully saturated rings. The number of carbonyl (C=O) groups excluding carboxylic acids is 1. The summed E-state index contributed by atoms with van der Waals surface area (Å²) in [5.74, 6) is -0.778. The van der Waals surface area contributed by atoms with E-state index < -0.39 is 11.5 Å². The molecule has 0 aliphatic heterocycles. The quantitative estimate of drug-likeness (QED) is 0.473. The summed E-state index contributed by atoms with van der Waals surface area (Å²) in [5, 5.41) is 8.81. The predicted octanol–water partition coefficient (Wildman–Crippen LogP) is -1.20. The van der Waals surface area contributed by atoms with Crippen LogP contribution in [0.2, 0.25) is 0 Å². The van der Waals surface area contributed by atoms with Gasteiger partial charge >= 0.3 is 29.6 Å². The molecule has 0 aromatic heterocycles. The van der Waals surface area contributed by atoms with Gasteiger partial charge in [0.1, 0.15) is 5.60 Å². The van der Waals surface area contributed by atoms with Gasteiger partial charge in [0.05, 0.1) is 0 Å². The van der Waals surface area contributed by atoms with Crippen LogP contribution in [0.3, 0.4) is 0 Å². The molecule has 9 heavy (non-hydrogen) atoms. The summed E-state index contributed by atoms with van der Waals surface area (Å²) < 4.78 is 0. The molecule has 0 rings (SSSR count). The van der Waals surface area contributed by atoms with Crippen LogP contribution < -0.4 is 5.73 Å². The molecule has 1 amide bonds. The van der Waals surface area contributed by atoms with Crippen molar-refractivity contribution in [1.29, 1.82) is 0 Å². The molecule has 0 saturated heterocycles. The van der Waals surface area contributed by atoms with Crippen molar-refractivity contribution in [2.24, 2.45) is 5.73 Å². The molecular formula is C5H11NNaO2. The van der Waals surface area contributed by atoms with Crippen molar-refractivity contribution in [3.05, 3.63) is 6.92 Å². The van der Waals surface area contributed by atoms with E-state index in [2.05, 4.69) is 6.92 Å². The van der Waals surface area contributed by atoms with Crippen LogP contribution in [-0.4, -0.2) is 46.2 Å². The Morgan fingerprint density at radius 3 is 2.22 bits per heavy atom. The van der Waals surface area contributed by atoms with Crippen molar-refractivity contribution in [1.82, 2.24) is 0 Å². The van der Waals surface area contributed by atoms with Crippen LogP contribution in [-0.2, 0) is 4.79 Å². The van der Waals surface area contributed by atoms with Gasteiger partial charge in [0.15, 0.2) is 0 Å². The molecule has 3 nitrogen and oxygen atoms in total. The Morgan fingerprint density at radius 2 is 2.22 bits per heavy atom. The first-order chi connectivity index (χ1) is 3.50. The summed E-state index contributed by atoms with van der Waals surface area (Å²) in [6.45, 7) is 4.81. The molecule has 49 valence electrons. The molecule has 0 aromatic carbocycles. The molecule has 3 N–H and O–H groups in total. The molecule has 0 heterocycles. The Bertz CT molecular complexity index is 103. The van der Waals surface area contributed by atoms with Crippen molar-refractivity contribution >= 4 is 35.5 Å². The van der Waals surface area contributed by atoms with Crippen molar-refractivity contribution in [3.63, 3.8) is 0 Å². The molecule has 0 aromatic rings. The number of hydrogen-bond acceptors (Lipinski definition) is 2. The summed E-state index contributed by atoms with van der Waals surface area (Å²) in [6.07, 6.45) is 0.252. The van der Waals surface area contributed by atoms with Gasteiger partial charge in [-0.2, -0.15) is 0 Å². The molecule has 4 heteroatoms. The zero-order valence-corrected chi connectivity index (χ0v) is 4.85. The zero-order chi connectivity index (χ0) is 6.78. The van der Waals surface area contributed by atoms with Crippen molar-refractivity contribution in [2.45, 2.75) is 18.9 Å². The fourth-order valence-electron chi connectivity index (χ4n) is 0.174. The maximum atomic E-state index is 10.2. The van der Waals surface area contributed by atoms with Crippen molar-refractivity contribution in [2.75, 3.05) is 0 Å². The maximum absolute atomic E-state index is 10.2. The number of hydrogen-bond donors (Lipinski definition) is 2. The van der Waals surface area contributed by atoms with Crippen molar-refractivity contribution in [3.8, 4) is 0 Å². The van der Waals surface area contributed by atoms with Gasteiger partial charge in [-0.3, -0.25) is 4.79 Å². The minimum atomic E-state index is -1.57. The third-order valence-corrected chi connectivity index (χ3v) is 1.04. The van der Waals surface area contributed by atoms with E-state index in [9.17, 15) is 4.79 Å². The Morgan fingerprint density at radius 1 is 1.89 bits per heavy atom. The standard InChI is InChI=1S/C5H10NO2.Na.H/c1-3-5(2,8)4(6)7;;/h8H,2-3H2,1H3,(H2,6,7);;. The SMILES string of the molecule is [CH2]C(O)(CC)C(N)=O.[NaH]. The average molecular weight is 140 g/mol. The van der Waals surface area contributed by atoms with E-state index in [1.807, 2.05) is 0 Å². The van der Waals surface area contributed by atoms with E-state index in [-0.39, 0.29) is 36.0 Å². The van der Waals surface area contributed by atoms with Crippen molar-refractivity contribution < 1.29 is 9.90 Å². The first kappa shape index (κ1) is 12.1. The van der Waals surface area contributed by atoms with Gasteiger partial charge < -0.3 is 10.8 Å². The van der Waals surface area contributed by atoms with Gasteiger partial charge in [-0.25, -0.2) is 0 Å². The van der Waals surface area contributed by atoms with Gasteiger partial charge in [-0.15, -0.1) is 0 Å². The fraction of sp³-hybridized carbons (Fsp3) is 0.600. The molecule has 0 bridgehead atoms. The van der Waals surface area contributed by atoms with Crippen LogP contribution in [0.15, 0.2) is 0 Å². The Labute approximate surface area is 76.9 Å². The third-order valence-electron chi connectivity index (χ3n) is 1.04. The van der Waals surface area contributed by atoms with Crippen LogP contribution >= 0.6 is 0 Å². The van der Waals surface area contributed by atoms with Crippen LogP contribution in [0.5, 0.6) is 0 Å². The van der Waals surface area contributed by atoms with E-state index in [0.717, 1.165) is 0 Å². The average Bonchev–Trinajstić information content (AvgIpc) is 1.67. The molecular weight excluding hydrogens is 129 g/mol. The second-order valence-corrected chi connectivity index (χ2v) is 1.75. The Kier molecular flexibility index (Phi) is 5.77. The topological polar surface area (TPSA) is 63.3 Å². The molecule has 1 unspecified atom stereocenters. The summed E-state index contributed by atoms with van der Waals surface area (Å²) in [4.78, 5) is 10.2. The predicted molar refractivity (Wildman–Crippen MR) is 36.9 cm³/mol. The molecule has 1 radical (unpaired) electrons. The molecule has 0 aliphatic carbocycles. The van der Waals surface area contributed by atoms with E-state index in [0.29, 0.717) is 0 Å². The van der Waals surface area contributed by atoms with Gasteiger partial charge in [-0.05, 0) is 13.3 Å². The fourth-order valence-corrected chi connectivity index (χ4v) is 0.174. The second-order valence-electron chi connectivity index (χ2n) is 1.75. The molecule has 1 atom stereocenters. The minimum absolute atomic E-state index is 0. The van der Waals surface area contributed by atoms with E-state index >= 15 is 0 Å². The normalized spacial score (nSPS) is 15.4. The molecule has 0 saturated carbocycles. The number of rotatable bonds is 2. The third kappa shape index (κ3) is 3.92. The van der Waals surface area contributed by atoms with Crippen LogP contribution in [0.25, 0.3) is 0 Å². The van der Waals surface area contributed by atoms with E-state index in [1.54, 1.807) is 6.92 Å². The molecule has 0 spiro atoms. The number of aliphatic hydroxyl groups is 1.